The molecule has 1 N–H and O–H groups in total. The summed E-state index contributed by atoms with van der Waals surface area (Å²) in [5.74, 6) is -0.453. The zero-order chi connectivity index (χ0) is 25.6. The Morgan fingerprint density at radius 2 is 1.74 bits per heavy atom. The first-order valence-electron chi connectivity index (χ1n) is 10.9. The third kappa shape index (κ3) is 7.30. The summed E-state index contributed by atoms with van der Waals surface area (Å²) >= 11 is 0. The van der Waals surface area contributed by atoms with Crippen LogP contribution in [0.4, 0.5) is 13.2 Å². The van der Waals surface area contributed by atoms with Crippen molar-refractivity contribution in [1.82, 2.24) is 14.2 Å². The Bertz CT molecular complexity index is 1240. The van der Waals surface area contributed by atoms with Crippen molar-refractivity contribution < 1.29 is 31.1 Å². The van der Waals surface area contributed by atoms with Gasteiger partial charge in [-0.25, -0.2) is 8.42 Å². The zero-order valence-electron chi connectivity index (χ0n) is 19.5. The Morgan fingerprint density at radius 1 is 1.06 bits per heavy atom. The second-order valence-corrected chi connectivity index (χ2v) is 10.2. The SMILES string of the molecule is COCCN(CC(=O)N(CCc1c[nH]c2ccccc12)Cc1ccc(C(F)(F)F)cc1)S(C)(=O)=O. The summed E-state index contributed by atoms with van der Waals surface area (Å²) in [5.41, 5.74) is 1.66. The number of hydrogen-bond acceptors (Lipinski definition) is 4. The number of halogens is 3. The standard InChI is InChI=1S/C24H28F3N3O4S/c1-34-14-13-30(35(2,32)33)17-23(31)29(16-18-7-9-20(10-8-18)24(25,26)27)12-11-19-15-28-22-6-4-3-5-21(19)22/h3-10,15,28H,11-14,16-17H2,1-2H3. The number of benzene rings is 2. The van der Waals surface area contributed by atoms with Gasteiger partial charge in [0.15, 0.2) is 0 Å². The maximum Gasteiger partial charge on any atom is 0.416 e. The number of carbonyl (C=O) groups excluding carboxylic acids is 1. The van der Waals surface area contributed by atoms with Gasteiger partial charge < -0.3 is 14.6 Å². The number of fused-ring (bicyclic) bond motifs is 1. The van der Waals surface area contributed by atoms with Gasteiger partial charge in [-0.1, -0.05) is 30.3 Å². The van der Waals surface area contributed by atoms with E-state index in [1.165, 1.54) is 24.1 Å². The van der Waals surface area contributed by atoms with Crippen molar-refractivity contribution in [1.29, 1.82) is 0 Å². The minimum absolute atomic E-state index is 0.0115. The molecule has 1 amide bonds. The molecule has 0 aliphatic carbocycles. The maximum atomic E-state index is 13.2. The number of sulfonamides is 1. The van der Waals surface area contributed by atoms with Crippen LogP contribution in [0.3, 0.4) is 0 Å². The van der Waals surface area contributed by atoms with Crippen molar-refractivity contribution in [2.75, 3.05) is 39.6 Å². The van der Waals surface area contributed by atoms with E-state index in [0.29, 0.717) is 12.0 Å². The van der Waals surface area contributed by atoms with Gasteiger partial charge in [0.25, 0.3) is 0 Å². The van der Waals surface area contributed by atoms with E-state index in [2.05, 4.69) is 4.98 Å². The lowest BCUT2D eigenvalue weighted by Gasteiger charge is -2.26. The maximum absolute atomic E-state index is 13.2. The monoisotopic (exact) mass is 511 g/mol. The molecule has 1 heterocycles. The number of aromatic nitrogens is 1. The number of hydrogen-bond donors (Lipinski definition) is 1. The molecule has 0 saturated heterocycles. The summed E-state index contributed by atoms with van der Waals surface area (Å²) in [7, 11) is -2.24. The fourth-order valence-corrected chi connectivity index (χ4v) is 4.46. The zero-order valence-corrected chi connectivity index (χ0v) is 20.3. The highest BCUT2D eigenvalue weighted by atomic mass is 32.2. The molecule has 1 aromatic heterocycles. The fraction of sp³-hybridized carbons (Fsp3) is 0.375. The first kappa shape index (κ1) is 26.7. The number of H-pyrrole nitrogens is 1. The second-order valence-electron chi connectivity index (χ2n) is 8.21. The van der Waals surface area contributed by atoms with Crippen LogP contribution < -0.4 is 0 Å². The third-order valence-electron chi connectivity index (χ3n) is 5.66. The average molecular weight is 512 g/mol. The Balaban J connectivity index is 1.81. The van der Waals surface area contributed by atoms with Crippen LogP contribution in [-0.2, 0) is 38.7 Å². The molecule has 190 valence electrons. The van der Waals surface area contributed by atoms with Crippen molar-refractivity contribution >= 4 is 26.8 Å². The van der Waals surface area contributed by atoms with Crippen LogP contribution in [-0.4, -0.2) is 68.1 Å². The quantitative estimate of drug-likeness (QED) is 0.426. The van der Waals surface area contributed by atoms with Crippen molar-refractivity contribution in [3.63, 3.8) is 0 Å². The van der Waals surface area contributed by atoms with Crippen molar-refractivity contribution in [2.45, 2.75) is 19.1 Å². The van der Waals surface area contributed by atoms with E-state index < -0.39 is 34.2 Å². The largest absolute Gasteiger partial charge is 0.416 e. The number of carbonyl (C=O) groups is 1. The molecule has 3 rings (SSSR count). The Hall–Kier alpha value is -2.89. The lowest BCUT2D eigenvalue weighted by molar-refractivity contribution is -0.137. The predicted molar refractivity (Wildman–Crippen MR) is 127 cm³/mol. The molecule has 0 radical (unpaired) electrons. The highest BCUT2D eigenvalue weighted by Crippen LogP contribution is 2.29. The molecule has 35 heavy (non-hydrogen) atoms. The van der Waals surface area contributed by atoms with E-state index >= 15 is 0 Å². The highest BCUT2D eigenvalue weighted by Gasteiger charge is 2.30. The highest BCUT2D eigenvalue weighted by molar-refractivity contribution is 7.88. The van der Waals surface area contributed by atoms with Gasteiger partial charge in [0.2, 0.25) is 15.9 Å². The van der Waals surface area contributed by atoms with Crippen LogP contribution in [0.1, 0.15) is 16.7 Å². The van der Waals surface area contributed by atoms with Crippen molar-refractivity contribution in [3.8, 4) is 0 Å². The van der Waals surface area contributed by atoms with Gasteiger partial charge in [0, 0.05) is 43.8 Å². The number of ether oxygens (including phenoxy) is 1. The van der Waals surface area contributed by atoms with E-state index in [-0.39, 0.29) is 26.2 Å². The number of nitrogens with zero attached hydrogens (tertiary/aromatic N) is 2. The number of para-hydroxylation sites is 1. The summed E-state index contributed by atoms with van der Waals surface area (Å²) in [4.78, 5) is 17.9. The second kappa shape index (κ2) is 11.2. The van der Waals surface area contributed by atoms with E-state index in [1.54, 1.807) is 0 Å². The van der Waals surface area contributed by atoms with E-state index in [9.17, 15) is 26.4 Å². The summed E-state index contributed by atoms with van der Waals surface area (Å²) in [6.07, 6.45) is -1.11. The molecule has 0 aliphatic heterocycles. The smallest absolute Gasteiger partial charge is 0.383 e. The van der Waals surface area contributed by atoms with Crippen LogP contribution in [0.2, 0.25) is 0 Å². The number of nitrogens with one attached hydrogen (secondary N) is 1. The Kier molecular flexibility index (Phi) is 8.57. The molecule has 3 aromatic rings. The van der Waals surface area contributed by atoms with Crippen molar-refractivity contribution in [2.24, 2.45) is 0 Å². The van der Waals surface area contributed by atoms with E-state index in [1.807, 2.05) is 30.5 Å². The van der Waals surface area contributed by atoms with E-state index in [4.69, 9.17) is 4.74 Å². The molecule has 0 unspecified atom stereocenters. The van der Waals surface area contributed by atoms with Gasteiger partial charge in [-0.3, -0.25) is 4.79 Å². The minimum atomic E-state index is -4.46. The van der Waals surface area contributed by atoms with Gasteiger partial charge in [0.1, 0.15) is 0 Å². The molecular formula is C24H28F3N3O4S. The predicted octanol–water partition coefficient (Wildman–Crippen LogP) is 3.67. The summed E-state index contributed by atoms with van der Waals surface area (Å²) in [5, 5.41) is 1.01. The molecule has 11 heteroatoms. The Morgan fingerprint density at radius 3 is 2.37 bits per heavy atom. The topological polar surface area (TPSA) is 82.7 Å². The first-order valence-corrected chi connectivity index (χ1v) is 12.8. The van der Waals surface area contributed by atoms with Gasteiger partial charge in [0.05, 0.1) is 25.0 Å². The third-order valence-corrected chi connectivity index (χ3v) is 6.91. The summed E-state index contributed by atoms with van der Waals surface area (Å²) in [6.45, 7) is 0.0355. The van der Waals surface area contributed by atoms with Crippen LogP contribution in [0.5, 0.6) is 0 Å². The van der Waals surface area contributed by atoms with Gasteiger partial charge >= 0.3 is 6.18 Å². The summed E-state index contributed by atoms with van der Waals surface area (Å²) in [6, 6.07) is 12.3. The van der Waals surface area contributed by atoms with Crippen LogP contribution in [0, 0.1) is 0 Å². The number of aromatic amines is 1. The fourth-order valence-electron chi connectivity index (χ4n) is 3.71. The molecule has 0 aliphatic rings. The lowest BCUT2D eigenvalue weighted by Crippen LogP contribution is -2.44. The van der Waals surface area contributed by atoms with Gasteiger partial charge in [-0.05, 0) is 35.7 Å². The molecule has 7 nitrogen and oxygen atoms in total. The van der Waals surface area contributed by atoms with Crippen LogP contribution >= 0.6 is 0 Å². The van der Waals surface area contributed by atoms with Crippen molar-refractivity contribution in [3.05, 3.63) is 71.4 Å². The van der Waals surface area contributed by atoms with Gasteiger partial charge in [-0.15, -0.1) is 0 Å². The molecule has 0 fully saturated rings. The van der Waals surface area contributed by atoms with E-state index in [0.717, 1.165) is 39.2 Å². The van der Waals surface area contributed by atoms with Crippen LogP contribution in [0.25, 0.3) is 10.9 Å². The summed E-state index contributed by atoms with van der Waals surface area (Å²) < 4.78 is 69.1. The molecule has 0 spiro atoms. The number of rotatable bonds is 11. The number of alkyl halides is 3. The molecule has 2 aromatic carbocycles. The van der Waals surface area contributed by atoms with Crippen LogP contribution in [0.15, 0.2) is 54.7 Å². The average Bonchev–Trinajstić information content (AvgIpc) is 3.21. The minimum Gasteiger partial charge on any atom is -0.383 e. The number of amides is 1. The Labute approximate surface area is 202 Å². The molecule has 0 saturated carbocycles. The lowest BCUT2D eigenvalue weighted by atomic mass is 10.1. The molecular weight excluding hydrogens is 483 g/mol. The van der Waals surface area contributed by atoms with Gasteiger partial charge in [-0.2, -0.15) is 17.5 Å². The first-order chi connectivity index (χ1) is 16.5. The molecule has 0 bridgehead atoms. The molecule has 0 atom stereocenters. The number of methoxy groups -OCH3 is 1. The normalized spacial score (nSPS) is 12.4.